The molecule has 0 aliphatic heterocycles. The summed E-state index contributed by atoms with van der Waals surface area (Å²) in [5, 5.41) is 1.04. The summed E-state index contributed by atoms with van der Waals surface area (Å²) in [7, 11) is 0. The largest absolute Gasteiger partial charge is 0.411 e. The van der Waals surface area contributed by atoms with Gasteiger partial charge in [0.2, 0.25) is 0 Å². The Balaban J connectivity index is 1.51. The van der Waals surface area contributed by atoms with Gasteiger partial charge in [-0.2, -0.15) is 0 Å². The van der Waals surface area contributed by atoms with Gasteiger partial charge in [-0.1, -0.05) is 53.5 Å². The zero-order chi connectivity index (χ0) is 26.6. The molecule has 190 valence electrons. The predicted molar refractivity (Wildman–Crippen MR) is 149 cm³/mol. The third-order valence-electron chi connectivity index (χ3n) is 6.09. The Hall–Kier alpha value is -4.33. The molecule has 3 aromatic carbocycles. The molecule has 3 N–H and O–H groups in total. The van der Waals surface area contributed by atoms with Crippen molar-refractivity contribution in [2.75, 3.05) is 0 Å². The van der Waals surface area contributed by atoms with Gasteiger partial charge in [-0.25, -0.2) is 9.78 Å². The van der Waals surface area contributed by atoms with Crippen LogP contribution in [0.5, 0.6) is 5.75 Å². The standard InChI is InChI=1S/C29H22Cl2N4O3/c30-21-8-11-24(31)23(16-21)20-12-13-35(27(36)15-20)26(14-18-4-2-1-3-5-18)28-33-17-25(34-28)19-6-9-22(10-7-19)38-29(32)37/h1-13,15-17,26H,14H2,(H2,32,37)(H,33,34). The lowest BCUT2D eigenvalue weighted by atomic mass is 10.0. The van der Waals surface area contributed by atoms with E-state index in [4.69, 9.17) is 33.7 Å². The van der Waals surface area contributed by atoms with E-state index in [1.807, 2.05) is 36.4 Å². The number of nitrogens with two attached hydrogens (primary N) is 1. The van der Waals surface area contributed by atoms with Crippen LogP contribution in [-0.4, -0.2) is 20.6 Å². The monoisotopic (exact) mass is 544 g/mol. The molecule has 1 atom stereocenters. The van der Waals surface area contributed by atoms with Crippen molar-refractivity contribution in [3.8, 4) is 28.1 Å². The summed E-state index contributed by atoms with van der Waals surface area (Å²) < 4.78 is 6.55. The minimum absolute atomic E-state index is 0.203. The summed E-state index contributed by atoms with van der Waals surface area (Å²) in [6.07, 6.45) is 3.12. The number of carbonyl (C=O) groups is 1. The second-order valence-electron chi connectivity index (χ2n) is 8.62. The molecule has 5 rings (SSSR count). The summed E-state index contributed by atoms with van der Waals surface area (Å²) in [5.74, 6) is 0.964. The number of hydrogen-bond acceptors (Lipinski definition) is 4. The fraction of sp³-hybridized carbons (Fsp3) is 0.0690. The number of nitrogens with one attached hydrogen (secondary N) is 1. The molecule has 0 aliphatic rings. The molecule has 1 amide bonds. The Labute approximate surface area is 228 Å². The summed E-state index contributed by atoms with van der Waals surface area (Å²) in [4.78, 5) is 32.4. The molecule has 5 aromatic rings. The number of aromatic nitrogens is 3. The van der Waals surface area contributed by atoms with Crippen LogP contribution in [0.1, 0.15) is 17.4 Å². The molecule has 9 heteroatoms. The van der Waals surface area contributed by atoms with Gasteiger partial charge in [-0.15, -0.1) is 0 Å². The SMILES string of the molecule is NC(=O)Oc1ccc(-c2cnc(C(Cc3ccccc3)n3ccc(-c4cc(Cl)ccc4Cl)cc3=O)[nH]2)cc1. The molecule has 1 unspecified atom stereocenters. The first-order valence-corrected chi connectivity index (χ1v) is 12.5. The average Bonchev–Trinajstić information content (AvgIpc) is 3.40. The van der Waals surface area contributed by atoms with Gasteiger partial charge >= 0.3 is 6.09 Å². The van der Waals surface area contributed by atoms with Crippen molar-refractivity contribution in [3.63, 3.8) is 0 Å². The quantitative estimate of drug-likeness (QED) is 0.244. The van der Waals surface area contributed by atoms with Crippen molar-refractivity contribution in [2.45, 2.75) is 12.5 Å². The molecule has 0 fully saturated rings. The highest BCUT2D eigenvalue weighted by Crippen LogP contribution is 2.31. The summed E-state index contributed by atoms with van der Waals surface area (Å²) in [6.45, 7) is 0. The molecular weight excluding hydrogens is 523 g/mol. The van der Waals surface area contributed by atoms with E-state index in [9.17, 15) is 9.59 Å². The Morgan fingerprint density at radius 1 is 0.974 bits per heavy atom. The number of amides is 1. The second kappa shape index (κ2) is 11.0. The number of pyridine rings is 1. The van der Waals surface area contributed by atoms with Crippen molar-refractivity contribution in [1.82, 2.24) is 14.5 Å². The molecule has 0 saturated heterocycles. The number of primary amides is 1. The van der Waals surface area contributed by atoms with E-state index in [0.29, 0.717) is 39.2 Å². The number of imidazole rings is 1. The van der Waals surface area contributed by atoms with Crippen LogP contribution in [-0.2, 0) is 6.42 Å². The van der Waals surface area contributed by atoms with Crippen molar-refractivity contribution in [3.05, 3.63) is 129 Å². The van der Waals surface area contributed by atoms with Gasteiger partial charge in [0, 0.05) is 34.3 Å². The van der Waals surface area contributed by atoms with Crippen LogP contribution in [0.15, 0.2) is 102 Å². The topological polar surface area (TPSA) is 103 Å². The van der Waals surface area contributed by atoms with Crippen LogP contribution >= 0.6 is 23.2 Å². The number of nitrogens with zero attached hydrogens (tertiary/aromatic N) is 2. The van der Waals surface area contributed by atoms with Crippen LogP contribution < -0.4 is 16.0 Å². The van der Waals surface area contributed by atoms with Crippen LogP contribution in [0.3, 0.4) is 0 Å². The fourth-order valence-corrected chi connectivity index (χ4v) is 4.67. The molecule has 0 bridgehead atoms. The van der Waals surface area contributed by atoms with E-state index in [1.54, 1.807) is 65.5 Å². The maximum Gasteiger partial charge on any atom is 0.409 e. The first-order valence-electron chi connectivity index (χ1n) is 11.7. The van der Waals surface area contributed by atoms with Gasteiger partial charge in [0.25, 0.3) is 5.56 Å². The van der Waals surface area contributed by atoms with E-state index >= 15 is 0 Å². The van der Waals surface area contributed by atoms with Gasteiger partial charge in [0.15, 0.2) is 0 Å². The number of rotatable bonds is 7. The molecule has 2 aromatic heterocycles. The van der Waals surface area contributed by atoms with Gasteiger partial charge in [0.05, 0.1) is 17.9 Å². The lowest BCUT2D eigenvalue weighted by molar-refractivity contribution is 0.211. The first-order chi connectivity index (χ1) is 18.4. The second-order valence-corrected chi connectivity index (χ2v) is 9.46. The van der Waals surface area contributed by atoms with Gasteiger partial charge in [0.1, 0.15) is 11.6 Å². The first kappa shape index (κ1) is 25.3. The highest BCUT2D eigenvalue weighted by Gasteiger charge is 2.20. The number of ether oxygens (including phenoxy) is 1. The maximum atomic E-state index is 13.4. The Morgan fingerprint density at radius 2 is 1.74 bits per heavy atom. The highest BCUT2D eigenvalue weighted by molar-refractivity contribution is 6.35. The van der Waals surface area contributed by atoms with E-state index in [-0.39, 0.29) is 5.56 Å². The minimum atomic E-state index is -0.876. The lowest BCUT2D eigenvalue weighted by Crippen LogP contribution is -2.27. The van der Waals surface area contributed by atoms with Crippen LogP contribution in [0.25, 0.3) is 22.4 Å². The Kier molecular flexibility index (Phi) is 7.31. The molecule has 0 spiro atoms. The summed E-state index contributed by atoms with van der Waals surface area (Å²) in [6, 6.07) is 24.9. The highest BCUT2D eigenvalue weighted by atomic mass is 35.5. The van der Waals surface area contributed by atoms with Crippen molar-refractivity contribution in [2.24, 2.45) is 5.73 Å². The lowest BCUT2D eigenvalue weighted by Gasteiger charge is -2.19. The van der Waals surface area contributed by atoms with Gasteiger partial charge in [-0.3, -0.25) is 4.79 Å². The number of hydrogen-bond donors (Lipinski definition) is 2. The smallest absolute Gasteiger partial charge is 0.409 e. The van der Waals surface area contributed by atoms with E-state index in [1.165, 1.54) is 0 Å². The van der Waals surface area contributed by atoms with Gasteiger partial charge < -0.3 is 20.0 Å². The predicted octanol–water partition coefficient (Wildman–Crippen LogP) is 6.50. The van der Waals surface area contributed by atoms with Crippen molar-refractivity contribution in [1.29, 1.82) is 0 Å². The normalized spacial score (nSPS) is 11.7. The molecular formula is C29H22Cl2N4O3. The Bertz CT molecular complexity index is 1650. The molecule has 7 nitrogen and oxygen atoms in total. The summed E-state index contributed by atoms with van der Waals surface area (Å²) >= 11 is 12.5. The summed E-state index contributed by atoms with van der Waals surface area (Å²) in [5.41, 5.74) is 8.87. The van der Waals surface area contributed by atoms with Crippen molar-refractivity contribution >= 4 is 29.3 Å². The average molecular weight is 545 g/mol. The number of H-pyrrole nitrogens is 1. The van der Waals surface area contributed by atoms with E-state index in [2.05, 4.69) is 9.97 Å². The minimum Gasteiger partial charge on any atom is -0.411 e. The van der Waals surface area contributed by atoms with Crippen LogP contribution in [0.4, 0.5) is 4.79 Å². The molecule has 0 aliphatic carbocycles. The fourth-order valence-electron chi connectivity index (χ4n) is 4.27. The third-order valence-corrected chi connectivity index (χ3v) is 6.65. The van der Waals surface area contributed by atoms with E-state index < -0.39 is 12.1 Å². The number of benzene rings is 3. The zero-order valence-electron chi connectivity index (χ0n) is 20.0. The van der Waals surface area contributed by atoms with Crippen LogP contribution in [0.2, 0.25) is 10.0 Å². The number of carbonyl (C=O) groups excluding carboxylic acids is 1. The molecule has 0 radical (unpaired) electrons. The Morgan fingerprint density at radius 3 is 2.45 bits per heavy atom. The molecule has 0 saturated carbocycles. The zero-order valence-corrected chi connectivity index (χ0v) is 21.5. The van der Waals surface area contributed by atoms with Crippen LogP contribution in [0, 0.1) is 0 Å². The third kappa shape index (κ3) is 5.64. The number of aromatic amines is 1. The maximum absolute atomic E-state index is 13.4. The van der Waals surface area contributed by atoms with E-state index in [0.717, 1.165) is 16.8 Å². The van der Waals surface area contributed by atoms with Gasteiger partial charge in [-0.05, 0) is 65.2 Å². The molecule has 2 heterocycles. The van der Waals surface area contributed by atoms with Crippen molar-refractivity contribution < 1.29 is 9.53 Å². The number of halogens is 2. The molecule has 38 heavy (non-hydrogen) atoms.